The third kappa shape index (κ3) is 12.9. The van der Waals surface area contributed by atoms with Crippen LogP contribution in [0.4, 0.5) is 5.69 Å². The Hall–Kier alpha value is -4.28. The number of unbranched alkanes of at least 4 members (excludes halogenated alkanes) is 2. The summed E-state index contributed by atoms with van der Waals surface area (Å²) in [7, 11) is -10.4. The molecule has 0 saturated carbocycles. The maximum atomic E-state index is 13.6. The highest BCUT2D eigenvalue weighted by Crippen LogP contribution is 2.35. The lowest BCUT2D eigenvalue weighted by Crippen LogP contribution is -2.57. The molecule has 6 rings (SSSR count). The van der Waals surface area contributed by atoms with E-state index in [1.165, 1.54) is 23.0 Å². The standard InChI is InChI=1S/C47H64N2O9Si5/c1-59(2,30-16-14-28-54-38-18-12-11-13-19-38)34-61(5,6)57-63(9,10)58-62(7,8)56-60(3,4)31-17-15-29-55-39-24-22-37(23-25-39)49-46(52)41-27-21-36(33-43(41)47(49)53)35-20-26-40-42(32-35)45(51)48-44(40)50/h11-13,18-27,32-33H,14-17,28-31,34H2,1-10H3,(H,48,50,51). The molecule has 0 unspecified atom stereocenters. The number of carbonyl (C=O) groups excluding carboxylic acids is 4. The summed E-state index contributed by atoms with van der Waals surface area (Å²) in [4.78, 5) is 52.3. The van der Waals surface area contributed by atoms with Gasteiger partial charge in [0.1, 0.15) is 11.5 Å². The molecule has 16 heteroatoms. The number of carbonyl (C=O) groups is 4. The van der Waals surface area contributed by atoms with Gasteiger partial charge in [0.15, 0.2) is 16.6 Å². The molecule has 0 radical (unpaired) electrons. The van der Waals surface area contributed by atoms with Crippen molar-refractivity contribution in [3.63, 3.8) is 0 Å². The number of imide groups is 2. The molecule has 2 aliphatic rings. The molecule has 0 fully saturated rings. The van der Waals surface area contributed by atoms with Crippen LogP contribution in [0.2, 0.25) is 83.2 Å². The molecule has 1 N–H and O–H groups in total. The van der Waals surface area contributed by atoms with Crippen LogP contribution in [0, 0.1) is 0 Å². The highest BCUT2D eigenvalue weighted by Gasteiger charge is 2.45. The summed E-state index contributed by atoms with van der Waals surface area (Å²) in [5.41, 5.74) is 4.16. The van der Waals surface area contributed by atoms with Crippen LogP contribution in [0.15, 0.2) is 91.0 Å². The molecular formula is C47H64N2O9Si5. The Morgan fingerprint density at radius 1 is 0.492 bits per heavy atom. The first-order valence-electron chi connectivity index (χ1n) is 22.1. The average Bonchev–Trinajstić information content (AvgIpc) is 3.61. The summed E-state index contributed by atoms with van der Waals surface area (Å²) in [6, 6.07) is 29.3. The monoisotopic (exact) mass is 940 g/mol. The van der Waals surface area contributed by atoms with Crippen molar-refractivity contribution in [1.29, 1.82) is 0 Å². The Balaban J connectivity index is 0.917. The summed E-state index contributed by atoms with van der Waals surface area (Å²) in [5, 5.41) is 2.29. The van der Waals surface area contributed by atoms with Crippen LogP contribution >= 0.6 is 0 Å². The summed E-state index contributed by atoms with van der Waals surface area (Å²) >= 11 is 0. The fourth-order valence-electron chi connectivity index (χ4n) is 9.24. The molecule has 336 valence electrons. The Kier molecular flexibility index (Phi) is 14.9. The normalized spacial score (nSPS) is 14.5. The van der Waals surface area contributed by atoms with Crippen molar-refractivity contribution in [2.24, 2.45) is 0 Å². The molecule has 0 aromatic heterocycles. The van der Waals surface area contributed by atoms with Crippen molar-refractivity contribution < 1.29 is 41.0 Å². The van der Waals surface area contributed by atoms with Crippen LogP contribution in [0.25, 0.3) is 11.1 Å². The molecule has 0 spiro atoms. The van der Waals surface area contributed by atoms with Crippen molar-refractivity contribution >= 4 is 71.1 Å². The van der Waals surface area contributed by atoms with E-state index in [1.807, 2.05) is 30.3 Å². The van der Waals surface area contributed by atoms with Gasteiger partial charge in [0.05, 0.1) is 41.2 Å². The molecule has 4 aromatic carbocycles. The maximum absolute atomic E-state index is 13.6. The first kappa shape index (κ1) is 48.2. The van der Waals surface area contributed by atoms with Gasteiger partial charge in [-0.25, -0.2) is 4.90 Å². The van der Waals surface area contributed by atoms with Gasteiger partial charge in [0, 0.05) is 8.07 Å². The van der Waals surface area contributed by atoms with Crippen LogP contribution in [-0.4, -0.2) is 78.7 Å². The first-order chi connectivity index (χ1) is 29.5. The maximum Gasteiger partial charge on any atom is 0.312 e. The highest BCUT2D eigenvalue weighted by atomic mass is 28.5. The molecule has 2 heterocycles. The van der Waals surface area contributed by atoms with E-state index in [9.17, 15) is 19.2 Å². The largest absolute Gasteiger partial charge is 0.494 e. The van der Waals surface area contributed by atoms with Crippen molar-refractivity contribution in [2.75, 3.05) is 18.1 Å². The Labute approximate surface area is 378 Å². The highest BCUT2D eigenvalue weighted by molar-refractivity contribution is 6.96. The van der Waals surface area contributed by atoms with Gasteiger partial charge >= 0.3 is 17.1 Å². The molecule has 0 aliphatic carbocycles. The van der Waals surface area contributed by atoms with Gasteiger partial charge < -0.3 is 21.8 Å². The summed E-state index contributed by atoms with van der Waals surface area (Å²) < 4.78 is 32.8. The minimum absolute atomic E-state index is 0.279. The molecule has 4 aromatic rings. The zero-order valence-electron chi connectivity index (χ0n) is 38.6. The number of para-hydroxylation sites is 1. The number of nitrogens with one attached hydrogen (secondary N) is 1. The number of fused-ring (bicyclic) bond motifs is 2. The lowest BCUT2D eigenvalue weighted by molar-refractivity contribution is 0.0874. The van der Waals surface area contributed by atoms with Crippen molar-refractivity contribution in [1.82, 2.24) is 5.32 Å². The second-order valence-corrected chi connectivity index (χ2v) is 41.5. The van der Waals surface area contributed by atoms with E-state index in [1.54, 1.807) is 60.7 Å². The van der Waals surface area contributed by atoms with Gasteiger partial charge in [-0.05, 0) is 149 Å². The molecule has 4 amide bonds. The Morgan fingerprint density at radius 2 is 1.00 bits per heavy atom. The summed E-state index contributed by atoms with van der Waals surface area (Å²) in [6.45, 7) is 24.3. The van der Waals surface area contributed by atoms with E-state index in [0.29, 0.717) is 40.3 Å². The zero-order valence-corrected chi connectivity index (χ0v) is 43.6. The third-order valence-corrected chi connectivity index (χ3v) is 34.0. The fraction of sp³-hybridized carbons (Fsp3) is 0.404. The number of ether oxygens (including phenoxy) is 2. The van der Waals surface area contributed by atoms with Gasteiger partial charge in [-0.3, -0.25) is 24.5 Å². The van der Waals surface area contributed by atoms with E-state index in [4.69, 9.17) is 21.8 Å². The van der Waals surface area contributed by atoms with Crippen LogP contribution in [0.5, 0.6) is 11.5 Å². The number of hydrogen-bond donors (Lipinski definition) is 1. The van der Waals surface area contributed by atoms with Gasteiger partial charge in [-0.1, -0.05) is 62.3 Å². The van der Waals surface area contributed by atoms with Gasteiger partial charge in [0.2, 0.25) is 0 Å². The minimum Gasteiger partial charge on any atom is -0.494 e. The Bertz CT molecular complexity index is 2320. The van der Waals surface area contributed by atoms with Crippen LogP contribution in [-0.2, 0) is 12.3 Å². The van der Waals surface area contributed by atoms with Crippen molar-refractivity contribution in [3.8, 4) is 22.6 Å². The number of anilines is 1. The van der Waals surface area contributed by atoms with Crippen LogP contribution in [0.1, 0.15) is 67.1 Å². The Morgan fingerprint density at radius 3 is 1.62 bits per heavy atom. The lowest BCUT2D eigenvalue weighted by atomic mass is 9.97. The van der Waals surface area contributed by atoms with Gasteiger partial charge in [0.25, 0.3) is 23.6 Å². The molecule has 0 saturated heterocycles. The molecule has 0 bridgehead atoms. The summed E-state index contributed by atoms with van der Waals surface area (Å²) in [5.74, 6) is -0.122. The van der Waals surface area contributed by atoms with Crippen molar-refractivity contribution in [3.05, 3.63) is 113 Å². The van der Waals surface area contributed by atoms with Gasteiger partial charge in [-0.2, -0.15) is 0 Å². The van der Waals surface area contributed by atoms with Crippen LogP contribution in [0.3, 0.4) is 0 Å². The molecule has 2 aliphatic heterocycles. The smallest absolute Gasteiger partial charge is 0.312 e. The SMILES string of the molecule is C[Si](C)(CCCCOc1ccccc1)C[Si](C)(C)O[Si](C)(C)O[Si](C)(C)O[Si](C)(C)CCCCOc1ccc(N2C(=O)c3ccc(-c4ccc5c(c4)C(=O)NC5=O)cc3C2=O)cc1. The topological polar surface area (TPSA) is 130 Å². The lowest BCUT2D eigenvalue weighted by Gasteiger charge is -2.42. The quantitative estimate of drug-likeness (QED) is 0.0465. The third-order valence-electron chi connectivity index (χ3n) is 11.2. The second kappa shape index (κ2) is 19.4. The van der Waals surface area contributed by atoms with Crippen molar-refractivity contribution in [2.45, 2.75) is 109 Å². The molecule has 11 nitrogen and oxygen atoms in total. The number of nitrogens with zero attached hydrogens (tertiary/aromatic N) is 1. The number of rotatable bonds is 22. The van der Waals surface area contributed by atoms with E-state index in [2.05, 4.69) is 70.8 Å². The van der Waals surface area contributed by atoms with Crippen LogP contribution < -0.4 is 19.7 Å². The number of hydrogen-bond acceptors (Lipinski definition) is 9. The minimum atomic E-state index is -2.47. The first-order valence-corrected chi connectivity index (χ1v) is 37.3. The predicted octanol–water partition coefficient (Wildman–Crippen LogP) is 11.2. The predicted molar refractivity (Wildman–Crippen MR) is 262 cm³/mol. The zero-order chi connectivity index (χ0) is 45.8. The molecule has 63 heavy (non-hydrogen) atoms. The number of benzene rings is 4. The summed E-state index contributed by atoms with van der Waals surface area (Å²) in [6.07, 6.45) is 4.07. The van der Waals surface area contributed by atoms with Gasteiger partial charge in [-0.15, -0.1) is 0 Å². The molecule has 0 atom stereocenters. The van der Waals surface area contributed by atoms with E-state index >= 15 is 0 Å². The second-order valence-electron chi connectivity index (χ2n) is 19.6. The van der Waals surface area contributed by atoms with E-state index < -0.39 is 65.5 Å². The van der Waals surface area contributed by atoms with E-state index in [0.717, 1.165) is 37.7 Å². The fourth-order valence-corrected chi connectivity index (χ4v) is 39.3. The molecular weight excluding hydrogens is 877 g/mol. The van der Waals surface area contributed by atoms with E-state index in [-0.39, 0.29) is 11.1 Å². The average molecular weight is 941 g/mol. The number of amides is 4.